The van der Waals surface area contributed by atoms with Gasteiger partial charge in [-0.15, -0.1) is 0 Å². The molecule has 0 spiro atoms. The van der Waals surface area contributed by atoms with Crippen LogP contribution in [0.25, 0.3) is 5.82 Å². The molecule has 40 heavy (non-hydrogen) atoms. The van der Waals surface area contributed by atoms with Gasteiger partial charge in [-0.1, -0.05) is 25.4 Å². The topological polar surface area (TPSA) is 123 Å². The molecule has 9 nitrogen and oxygen atoms in total. The van der Waals surface area contributed by atoms with Gasteiger partial charge in [-0.25, -0.2) is 18.4 Å². The van der Waals surface area contributed by atoms with Gasteiger partial charge in [0.05, 0.1) is 16.8 Å². The van der Waals surface area contributed by atoms with Crippen LogP contribution in [0.2, 0.25) is 5.15 Å². The van der Waals surface area contributed by atoms with Crippen molar-refractivity contribution in [2.75, 3.05) is 12.8 Å². The van der Waals surface area contributed by atoms with E-state index in [9.17, 15) is 40.3 Å². The van der Waals surface area contributed by atoms with Gasteiger partial charge in [-0.3, -0.25) is 9.36 Å². The van der Waals surface area contributed by atoms with Gasteiger partial charge in [0, 0.05) is 25.4 Å². The highest BCUT2D eigenvalue weighted by Gasteiger charge is 2.38. The second-order valence-corrected chi connectivity index (χ2v) is 12.7. The molecule has 16 heteroatoms. The first-order chi connectivity index (χ1) is 18.4. The summed E-state index contributed by atoms with van der Waals surface area (Å²) < 4.78 is 94.6. The Hall–Kier alpha value is -2.52. The van der Waals surface area contributed by atoms with Crippen molar-refractivity contribution < 1.29 is 45.0 Å². The van der Waals surface area contributed by atoms with E-state index in [-0.39, 0.29) is 66.7 Å². The molecule has 0 unspecified atom stereocenters. The summed E-state index contributed by atoms with van der Waals surface area (Å²) in [4.78, 5) is 21.2. The van der Waals surface area contributed by atoms with E-state index in [1.165, 1.54) is 0 Å². The van der Waals surface area contributed by atoms with Crippen molar-refractivity contribution in [1.29, 1.82) is 0 Å². The van der Waals surface area contributed by atoms with Gasteiger partial charge in [0.1, 0.15) is 20.8 Å². The number of hydrogen-bond donors (Lipinski definition) is 2. The third-order valence-corrected chi connectivity index (χ3v) is 8.92. The molecule has 2 aromatic heterocycles. The number of imidazole rings is 1. The molecule has 0 aliphatic heterocycles. The molecule has 0 saturated heterocycles. The monoisotopic (exact) mass is 616 g/mol. The molecule has 1 aliphatic carbocycles. The Bertz CT molecular complexity index is 1330. The average molecular weight is 617 g/mol. The summed E-state index contributed by atoms with van der Waals surface area (Å²) >= 11 is 6.43. The van der Waals surface area contributed by atoms with Gasteiger partial charge in [0.15, 0.2) is 17.3 Å². The van der Waals surface area contributed by atoms with Crippen LogP contribution < -0.4 is 10.1 Å². The highest BCUT2D eigenvalue weighted by molar-refractivity contribution is 7.91. The predicted octanol–water partition coefficient (Wildman–Crippen LogP) is 4.27. The van der Waals surface area contributed by atoms with E-state index >= 15 is 0 Å². The molecular weight excluding hydrogens is 587 g/mol. The zero-order chi connectivity index (χ0) is 30.0. The maximum Gasteiger partial charge on any atom is 0.391 e. The van der Waals surface area contributed by atoms with E-state index < -0.39 is 57.5 Å². The summed E-state index contributed by atoms with van der Waals surface area (Å²) in [7, 11) is -3.26. The van der Waals surface area contributed by atoms with Crippen LogP contribution in [0.15, 0.2) is 12.3 Å². The number of rotatable bonds is 10. The molecule has 0 aromatic carbocycles. The smallest absolute Gasteiger partial charge is 0.391 e. The molecule has 2 aromatic rings. The van der Waals surface area contributed by atoms with E-state index in [0.29, 0.717) is 0 Å². The molecule has 1 saturated carbocycles. The fourth-order valence-electron chi connectivity index (χ4n) is 4.51. The maximum absolute atomic E-state index is 13.2. The number of aliphatic hydroxyl groups is 1. The molecule has 2 N–H and O–H groups in total. The number of amides is 1. The van der Waals surface area contributed by atoms with Gasteiger partial charge in [-0.05, 0) is 43.7 Å². The van der Waals surface area contributed by atoms with Crippen molar-refractivity contribution in [2.45, 2.75) is 76.0 Å². The molecule has 1 atom stereocenters. The van der Waals surface area contributed by atoms with E-state index in [1.807, 2.05) is 0 Å². The third-order valence-electron chi connectivity index (χ3n) is 6.89. The fourth-order valence-corrected chi connectivity index (χ4v) is 5.91. The van der Waals surface area contributed by atoms with E-state index in [0.717, 1.165) is 30.0 Å². The highest BCUT2D eigenvalue weighted by Crippen LogP contribution is 2.34. The number of halogens is 6. The second-order valence-electron chi connectivity index (χ2n) is 9.98. The van der Waals surface area contributed by atoms with Gasteiger partial charge in [0.2, 0.25) is 0 Å². The number of ether oxygens (including phenoxy) is 1. The van der Waals surface area contributed by atoms with E-state index in [2.05, 4.69) is 20.0 Å². The van der Waals surface area contributed by atoms with Crippen molar-refractivity contribution in [1.82, 2.24) is 19.9 Å². The van der Waals surface area contributed by atoms with Crippen LogP contribution in [0, 0.1) is 5.92 Å². The molecule has 224 valence electrons. The molecule has 1 aliphatic rings. The lowest BCUT2D eigenvalue weighted by molar-refractivity contribution is -0.169. The molecule has 1 amide bonds. The summed E-state index contributed by atoms with van der Waals surface area (Å²) in [6.07, 6.45) is -1.91. The number of nitrogens with zero attached hydrogens (tertiary/aromatic N) is 3. The van der Waals surface area contributed by atoms with Gasteiger partial charge < -0.3 is 15.2 Å². The zero-order valence-electron chi connectivity index (χ0n) is 21.9. The standard InChI is InChI=1S/C24H30ClF5N4O5S/c1-4-17-33-18(21(35)32-12-23(36)7-5-15(6-8-23)40(3,37)38)19(25)34(17)20-16(39-22(26)27)10-14(11-31-20)9-13(2)24(28,29)30/h10-11,13,15,22,36H,4-9,12H2,1-3H3,(H,32,35)/t13-,15-,23-/m1/s1. The number of hydrogen-bond acceptors (Lipinski definition) is 7. The molecular formula is C24H30ClF5N4O5S. The van der Waals surface area contributed by atoms with Gasteiger partial charge >= 0.3 is 12.8 Å². The van der Waals surface area contributed by atoms with Gasteiger partial charge in [-0.2, -0.15) is 22.0 Å². The molecule has 3 rings (SSSR count). The first kappa shape index (κ1) is 32.0. The van der Waals surface area contributed by atoms with Crippen molar-refractivity contribution in [3.8, 4) is 11.6 Å². The number of aryl methyl sites for hydroxylation is 1. The van der Waals surface area contributed by atoms with Crippen molar-refractivity contribution in [2.24, 2.45) is 5.92 Å². The maximum atomic E-state index is 13.2. The Morgan fingerprint density at radius 1 is 1.32 bits per heavy atom. The summed E-state index contributed by atoms with van der Waals surface area (Å²) in [5, 5.41) is 12.5. The summed E-state index contributed by atoms with van der Waals surface area (Å²) in [6, 6.07) is 1.01. The van der Waals surface area contributed by atoms with Crippen LogP contribution in [0.3, 0.4) is 0 Å². The number of carbonyl (C=O) groups is 1. The van der Waals surface area contributed by atoms with Crippen LogP contribution in [0.4, 0.5) is 22.0 Å². The van der Waals surface area contributed by atoms with Gasteiger partial charge in [0.25, 0.3) is 5.91 Å². The van der Waals surface area contributed by atoms with E-state index in [4.69, 9.17) is 11.6 Å². The van der Waals surface area contributed by atoms with Crippen molar-refractivity contribution >= 4 is 27.3 Å². The van der Waals surface area contributed by atoms with Crippen LogP contribution >= 0.6 is 11.6 Å². The Morgan fingerprint density at radius 2 is 1.95 bits per heavy atom. The van der Waals surface area contributed by atoms with E-state index in [1.54, 1.807) is 6.92 Å². The minimum Gasteiger partial charge on any atom is -0.431 e. The number of alkyl halides is 5. The Labute approximate surface area is 233 Å². The second kappa shape index (κ2) is 12.1. The first-order valence-corrected chi connectivity index (χ1v) is 14.8. The van der Waals surface area contributed by atoms with Crippen molar-refractivity contribution in [3.63, 3.8) is 0 Å². The lowest BCUT2D eigenvalue weighted by Gasteiger charge is -2.35. The normalized spacial score (nSPS) is 20.9. The zero-order valence-corrected chi connectivity index (χ0v) is 23.5. The summed E-state index contributed by atoms with van der Waals surface area (Å²) in [5.74, 6) is -3.28. The van der Waals surface area contributed by atoms with Crippen LogP contribution in [-0.2, 0) is 22.7 Å². The minimum absolute atomic E-state index is 0.00434. The Kier molecular flexibility index (Phi) is 9.72. The minimum atomic E-state index is -4.51. The lowest BCUT2D eigenvalue weighted by atomic mass is 9.84. The van der Waals surface area contributed by atoms with Crippen LogP contribution in [0.1, 0.15) is 61.4 Å². The molecule has 0 radical (unpaired) electrons. The average Bonchev–Trinajstić information content (AvgIpc) is 3.17. The van der Waals surface area contributed by atoms with Crippen LogP contribution in [0.5, 0.6) is 5.75 Å². The Morgan fingerprint density at radius 3 is 2.48 bits per heavy atom. The number of carbonyl (C=O) groups excluding carboxylic acids is 1. The number of sulfone groups is 1. The quantitative estimate of drug-likeness (QED) is 0.382. The lowest BCUT2D eigenvalue weighted by Crippen LogP contribution is -2.47. The first-order valence-electron chi connectivity index (χ1n) is 12.4. The fraction of sp³-hybridized carbons (Fsp3) is 0.625. The largest absolute Gasteiger partial charge is 0.431 e. The highest BCUT2D eigenvalue weighted by atomic mass is 35.5. The number of nitrogens with one attached hydrogen (secondary N) is 1. The summed E-state index contributed by atoms with van der Waals surface area (Å²) in [6.45, 7) is -0.948. The predicted molar refractivity (Wildman–Crippen MR) is 136 cm³/mol. The van der Waals surface area contributed by atoms with Crippen molar-refractivity contribution in [3.05, 3.63) is 34.5 Å². The molecule has 1 fully saturated rings. The molecule has 2 heterocycles. The SMILES string of the molecule is CCc1nc(C(=O)NC[C@]2(O)CC[C@H](S(C)(=O)=O)CC2)c(Cl)n1-c1ncc(C[C@@H](C)C(F)(F)F)cc1OC(F)F. The molecule has 0 bridgehead atoms. The third kappa shape index (κ3) is 7.60. The number of pyridine rings is 1. The van der Waals surface area contributed by atoms with Crippen LogP contribution in [-0.4, -0.2) is 70.4 Å². The number of aromatic nitrogens is 3. The summed E-state index contributed by atoms with van der Waals surface area (Å²) in [5.41, 5.74) is -1.65. The Balaban J connectivity index is 1.86.